The molecule has 1 aromatic rings. The number of ether oxygens (including phenoxy) is 1. The summed E-state index contributed by atoms with van der Waals surface area (Å²) in [6, 6.07) is 7.28. The van der Waals surface area contributed by atoms with Gasteiger partial charge in [-0.1, -0.05) is 32.0 Å². The summed E-state index contributed by atoms with van der Waals surface area (Å²) in [6.07, 6.45) is 0.273. The summed E-state index contributed by atoms with van der Waals surface area (Å²) in [7, 11) is 1.29. The van der Waals surface area contributed by atoms with Crippen LogP contribution in [0, 0.1) is 5.92 Å². The second kappa shape index (κ2) is 5.94. The largest absolute Gasteiger partial charge is 0.453 e. The topological polar surface area (TPSA) is 58.6 Å². The number of carbonyl (C=O) groups excluding carboxylic acids is 2. The predicted octanol–water partition coefficient (Wildman–Crippen LogP) is 1.96. The molecule has 0 unspecified atom stereocenters. The molecule has 1 heterocycles. The van der Waals surface area contributed by atoms with Gasteiger partial charge in [0.25, 0.3) is 0 Å². The van der Waals surface area contributed by atoms with Crippen molar-refractivity contribution < 1.29 is 14.3 Å². The van der Waals surface area contributed by atoms with Crippen LogP contribution in [0.5, 0.6) is 0 Å². The van der Waals surface area contributed by atoms with Gasteiger partial charge >= 0.3 is 6.09 Å². The molecule has 2 rings (SSSR count). The first-order valence-electron chi connectivity index (χ1n) is 6.78. The summed E-state index contributed by atoms with van der Waals surface area (Å²) in [5, 5.41) is 2.62. The third kappa shape index (κ3) is 2.76. The molecule has 108 valence electrons. The third-order valence-corrected chi connectivity index (χ3v) is 3.54. The molecule has 0 radical (unpaired) electrons. The van der Waals surface area contributed by atoms with E-state index in [0.717, 1.165) is 12.1 Å². The van der Waals surface area contributed by atoms with Crippen molar-refractivity contribution in [2.75, 3.05) is 18.6 Å². The first kappa shape index (κ1) is 14.4. The van der Waals surface area contributed by atoms with Gasteiger partial charge in [0.2, 0.25) is 5.91 Å². The lowest BCUT2D eigenvalue weighted by Crippen LogP contribution is -2.51. The number of rotatable bonds is 3. The summed E-state index contributed by atoms with van der Waals surface area (Å²) in [6.45, 7) is 4.46. The van der Waals surface area contributed by atoms with Gasteiger partial charge < -0.3 is 15.0 Å². The number of para-hydroxylation sites is 1. The number of anilines is 1. The Hall–Kier alpha value is -2.04. The fraction of sp³-hybridized carbons (Fsp3) is 0.467. The van der Waals surface area contributed by atoms with E-state index in [4.69, 9.17) is 0 Å². The van der Waals surface area contributed by atoms with Crippen LogP contribution in [0.3, 0.4) is 0 Å². The molecular formula is C15H20N2O3. The van der Waals surface area contributed by atoms with Gasteiger partial charge in [0.1, 0.15) is 6.04 Å². The molecule has 0 bridgehead atoms. The minimum Gasteiger partial charge on any atom is -0.453 e. The van der Waals surface area contributed by atoms with Gasteiger partial charge in [0, 0.05) is 12.2 Å². The second-order valence-electron chi connectivity index (χ2n) is 5.23. The van der Waals surface area contributed by atoms with E-state index < -0.39 is 12.1 Å². The average molecular weight is 276 g/mol. The van der Waals surface area contributed by atoms with Crippen LogP contribution >= 0.6 is 0 Å². The van der Waals surface area contributed by atoms with Crippen LogP contribution in [-0.4, -0.2) is 31.7 Å². The Morgan fingerprint density at radius 3 is 2.65 bits per heavy atom. The molecule has 1 aliphatic rings. The van der Waals surface area contributed by atoms with E-state index >= 15 is 0 Å². The van der Waals surface area contributed by atoms with Gasteiger partial charge in [-0.15, -0.1) is 0 Å². The lowest BCUT2D eigenvalue weighted by atomic mass is 10.0. The Kier molecular flexibility index (Phi) is 4.27. The van der Waals surface area contributed by atoms with Crippen molar-refractivity contribution in [1.82, 2.24) is 5.32 Å². The number of carbonyl (C=O) groups is 2. The van der Waals surface area contributed by atoms with Crippen molar-refractivity contribution in [3.05, 3.63) is 29.8 Å². The second-order valence-corrected chi connectivity index (χ2v) is 5.23. The summed E-state index contributed by atoms with van der Waals surface area (Å²) in [5.74, 6) is -0.0929. The smallest absolute Gasteiger partial charge is 0.407 e. The zero-order valence-electron chi connectivity index (χ0n) is 12.1. The maximum Gasteiger partial charge on any atom is 0.407 e. The van der Waals surface area contributed by atoms with Gasteiger partial charge in [-0.05, 0) is 24.0 Å². The summed E-state index contributed by atoms with van der Waals surface area (Å²) >= 11 is 0. The number of fused-ring (bicyclic) bond motifs is 1. The fourth-order valence-corrected chi connectivity index (χ4v) is 2.43. The molecule has 5 heteroatoms. The Bertz CT molecular complexity index is 514. The molecule has 0 aliphatic carbocycles. The molecule has 0 spiro atoms. The maximum absolute atomic E-state index is 12.7. The van der Waals surface area contributed by atoms with Crippen LogP contribution < -0.4 is 10.2 Å². The van der Waals surface area contributed by atoms with Crippen LogP contribution in [-0.2, 0) is 16.0 Å². The van der Waals surface area contributed by atoms with Gasteiger partial charge in [0.05, 0.1) is 7.11 Å². The highest BCUT2D eigenvalue weighted by Crippen LogP contribution is 2.28. The minimum absolute atomic E-state index is 0.00522. The molecular weight excluding hydrogens is 256 g/mol. The molecule has 1 aliphatic heterocycles. The quantitative estimate of drug-likeness (QED) is 0.918. The summed E-state index contributed by atoms with van der Waals surface area (Å²) < 4.78 is 4.59. The summed E-state index contributed by atoms with van der Waals surface area (Å²) in [5.41, 5.74) is 2.11. The predicted molar refractivity (Wildman–Crippen MR) is 76.7 cm³/mol. The zero-order chi connectivity index (χ0) is 14.7. The van der Waals surface area contributed by atoms with Crippen molar-refractivity contribution in [2.45, 2.75) is 26.3 Å². The monoisotopic (exact) mass is 276 g/mol. The molecule has 5 nitrogen and oxygen atoms in total. The zero-order valence-corrected chi connectivity index (χ0v) is 12.1. The van der Waals surface area contributed by atoms with Crippen molar-refractivity contribution >= 4 is 17.7 Å². The number of methoxy groups -OCH3 is 1. The van der Waals surface area contributed by atoms with Crippen LogP contribution in [0.25, 0.3) is 0 Å². The number of amides is 2. The lowest BCUT2D eigenvalue weighted by molar-refractivity contribution is -0.121. The van der Waals surface area contributed by atoms with E-state index in [0.29, 0.717) is 6.54 Å². The first-order valence-corrected chi connectivity index (χ1v) is 6.78. The molecule has 1 aromatic carbocycles. The minimum atomic E-state index is -0.579. The van der Waals surface area contributed by atoms with Crippen LogP contribution in [0.1, 0.15) is 19.4 Å². The van der Waals surface area contributed by atoms with E-state index in [9.17, 15) is 9.59 Å². The van der Waals surface area contributed by atoms with Crippen LogP contribution in [0.15, 0.2) is 24.3 Å². The molecule has 0 saturated heterocycles. The Balaban J connectivity index is 2.19. The molecule has 0 fully saturated rings. The van der Waals surface area contributed by atoms with Crippen molar-refractivity contribution in [3.8, 4) is 0 Å². The van der Waals surface area contributed by atoms with Crippen molar-refractivity contribution in [1.29, 1.82) is 0 Å². The van der Waals surface area contributed by atoms with E-state index in [1.54, 1.807) is 4.90 Å². The highest BCUT2D eigenvalue weighted by Gasteiger charge is 2.32. The Morgan fingerprint density at radius 2 is 2.00 bits per heavy atom. The number of nitrogens with zero attached hydrogens (tertiary/aromatic N) is 1. The highest BCUT2D eigenvalue weighted by molar-refractivity contribution is 6.00. The van der Waals surface area contributed by atoms with Gasteiger partial charge in [-0.2, -0.15) is 0 Å². The molecule has 1 atom stereocenters. The first-order chi connectivity index (χ1) is 9.54. The molecule has 0 saturated carbocycles. The number of nitrogens with one attached hydrogen (secondary N) is 1. The third-order valence-electron chi connectivity index (χ3n) is 3.54. The van der Waals surface area contributed by atoms with Crippen LogP contribution in [0.4, 0.5) is 10.5 Å². The molecule has 0 aromatic heterocycles. The highest BCUT2D eigenvalue weighted by atomic mass is 16.5. The standard InChI is InChI=1S/C15H20N2O3/c1-10(2)13(16-15(19)20-3)14(18)17-9-8-11-6-4-5-7-12(11)17/h4-7,10,13H,8-9H2,1-3H3,(H,16,19)/t13-/m0/s1. The van der Waals surface area contributed by atoms with Gasteiger partial charge in [-0.25, -0.2) is 4.79 Å². The Morgan fingerprint density at radius 1 is 1.30 bits per heavy atom. The average Bonchev–Trinajstić information content (AvgIpc) is 2.87. The summed E-state index contributed by atoms with van der Waals surface area (Å²) in [4.78, 5) is 25.8. The Labute approximate surface area is 118 Å². The number of hydrogen-bond acceptors (Lipinski definition) is 3. The number of benzene rings is 1. The SMILES string of the molecule is COC(=O)N[C@H](C(=O)N1CCc2ccccc21)C(C)C. The number of hydrogen-bond donors (Lipinski definition) is 1. The molecule has 20 heavy (non-hydrogen) atoms. The lowest BCUT2D eigenvalue weighted by Gasteiger charge is -2.26. The fourth-order valence-electron chi connectivity index (χ4n) is 2.43. The van der Waals surface area contributed by atoms with E-state index in [2.05, 4.69) is 10.1 Å². The number of alkyl carbamates (subject to hydrolysis) is 1. The van der Waals surface area contributed by atoms with E-state index in [-0.39, 0.29) is 11.8 Å². The van der Waals surface area contributed by atoms with E-state index in [1.165, 1.54) is 12.7 Å². The van der Waals surface area contributed by atoms with Crippen molar-refractivity contribution in [2.24, 2.45) is 5.92 Å². The molecule has 2 amide bonds. The maximum atomic E-state index is 12.7. The van der Waals surface area contributed by atoms with Crippen LogP contribution in [0.2, 0.25) is 0 Å². The van der Waals surface area contributed by atoms with Crippen molar-refractivity contribution in [3.63, 3.8) is 0 Å². The van der Waals surface area contributed by atoms with Gasteiger partial charge in [-0.3, -0.25) is 4.79 Å². The van der Waals surface area contributed by atoms with Gasteiger partial charge in [0.15, 0.2) is 0 Å². The normalized spacial score (nSPS) is 14.9. The van der Waals surface area contributed by atoms with E-state index in [1.807, 2.05) is 38.1 Å². The molecule has 1 N–H and O–H groups in total.